The molecule has 3 rings (SSSR count). The second kappa shape index (κ2) is 11.3. The van der Waals surface area contributed by atoms with Crippen LogP contribution in [0.4, 0.5) is 4.39 Å². The molecule has 0 saturated heterocycles. The zero-order chi connectivity index (χ0) is 24.8. The average Bonchev–Trinajstić information content (AvgIpc) is 3.06. The van der Waals surface area contributed by atoms with Crippen LogP contribution < -0.4 is 5.69 Å². The molecule has 34 heavy (non-hydrogen) atoms. The summed E-state index contributed by atoms with van der Waals surface area (Å²) in [6, 6.07) is 14.5. The van der Waals surface area contributed by atoms with Gasteiger partial charge in [0.25, 0.3) is 0 Å². The standard InChI is InChI=1S/C28H35FN2O3/c1-19(2)9-14-25-26(17-29)30(16-15-20(3)4)28(34)31(25)18-21-10-12-22(13-11-21)23-7-5-6-8-24(23)27(32)33/h5-8,10-13,19-20H,9,14-18H2,1-4H3,(H,32,33). The Hall–Kier alpha value is -3.15. The van der Waals surface area contributed by atoms with Gasteiger partial charge in [-0.3, -0.25) is 9.13 Å². The van der Waals surface area contributed by atoms with Crippen molar-refractivity contribution in [1.29, 1.82) is 0 Å². The Bertz CT molecular complexity index is 1170. The molecular weight excluding hydrogens is 431 g/mol. The van der Waals surface area contributed by atoms with Crippen molar-refractivity contribution in [2.24, 2.45) is 11.8 Å². The summed E-state index contributed by atoms with van der Waals surface area (Å²) >= 11 is 0. The number of benzene rings is 2. The van der Waals surface area contributed by atoms with Crippen LogP contribution in [0, 0.1) is 11.8 Å². The van der Waals surface area contributed by atoms with Crippen molar-refractivity contribution in [3.8, 4) is 11.1 Å². The van der Waals surface area contributed by atoms with Gasteiger partial charge in [0, 0.05) is 12.2 Å². The second-order valence-corrected chi connectivity index (χ2v) is 9.71. The number of carboxylic acids is 1. The Morgan fingerprint density at radius 3 is 2.15 bits per heavy atom. The number of carbonyl (C=O) groups is 1. The first kappa shape index (κ1) is 25.5. The van der Waals surface area contributed by atoms with E-state index in [-0.39, 0.29) is 11.3 Å². The van der Waals surface area contributed by atoms with Crippen LogP contribution in [-0.2, 0) is 26.2 Å². The maximum absolute atomic E-state index is 14.2. The zero-order valence-electron chi connectivity index (χ0n) is 20.6. The van der Waals surface area contributed by atoms with E-state index in [1.165, 1.54) is 0 Å². The van der Waals surface area contributed by atoms with Gasteiger partial charge in [-0.25, -0.2) is 14.0 Å². The van der Waals surface area contributed by atoms with Crippen LogP contribution in [0.3, 0.4) is 0 Å². The molecular formula is C28H35FN2O3. The lowest BCUT2D eigenvalue weighted by atomic mass is 9.98. The van der Waals surface area contributed by atoms with E-state index in [9.17, 15) is 19.1 Å². The minimum Gasteiger partial charge on any atom is -0.478 e. The molecule has 182 valence electrons. The topological polar surface area (TPSA) is 64.2 Å². The Morgan fingerprint density at radius 2 is 1.56 bits per heavy atom. The van der Waals surface area contributed by atoms with Gasteiger partial charge in [-0.15, -0.1) is 0 Å². The first-order valence-electron chi connectivity index (χ1n) is 12.0. The predicted molar refractivity (Wildman–Crippen MR) is 134 cm³/mol. The van der Waals surface area contributed by atoms with Crippen molar-refractivity contribution in [2.75, 3.05) is 0 Å². The van der Waals surface area contributed by atoms with Gasteiger partial charge in [0.2, 0.25) is 0 Å². The first-order chi connectivity index (χ1) is 16.2. The molecule has 1 N–H and O–H groups in total. The monoisotopic (exact) mass is 466 g/mol. The predicted octanol–water partition coefficient (Wildman–Crippen LogP) is 6.17. The summed E-state index contributed by atoms with van der Waals surface area (Å²) in [5, 5.41) is 9.49. The molecule has 3 aromatic rings. The van der Waals surface area contributed by atoms with Crippen molar-refractivity contribution in [3.63, 3.8) is 0 Å². The van der Waals surface area contributed by atoms with Crippen LogP contribution >= 0.6 is 0 Å². The lowest BCUT2D eigenvalue weighted by molar-refractivity contribution is 0.0697. The molecule has 0 radical (unpaired) electrons. The molecule has 0 bridgehead atoms. The van der Waals surface area contributed by atoms with E-state index in [4.69, 9.17) is 0 Å². The van der Waals surface area contributed by atoms with Gasteiger partial charge in [0.05, 0.1) is 17.8 Å². The number of hydrogen-bond acceptors (Lipinski definition) is 2. The Balaban J connectivity index is 1.96. The van der Waals surface area contributed by atoms with Gasteiger partial charge < -0.3 is 5.11 Å². The highest BCUT2D eigenvalue weighted by atomic mass is 19.1. The molecule has 0 amide bonds. The minimum atomic E-state index is -0.970. The highest BCUT2D eigenvalue weighted by Crippen LogP contribution is 2.25. The van der Waals surface area contributed by atoms with Gasteiger partial charge in [0.15, 0.2) is 0 Å². The fourth-order valence-corrected chi connectivity index (χ4v) is 4.22. The Labute approximate surface area is 200 Å². The van der Waals surface area contributed by atoms with E-state index < -0.39 is 12.6 Å². The number of carboxylic acid groups (broad SMARTS) is 1. The molecule has 6 heteroatoms. The number of halogens is 1. The normalized spacial score (nSPS) is 11.5. The molecule has 2 aromatic carbocycles. The molecule has 0 fully saturated rings. The summed E-state index contributed by atoms with van der Waals surface area (Å²) in [7, 11) is 0. The third kappa shape index (κ3) is 5.85. The fraction of sp³-hybridized carbons (Fsp3) is 0.429. The SMILES string of the molecule is CC(C)CCc1c(CF)n(CCC(C)C)c(=O)n1Cc1ccc(-c2ccccc2C(=O)O)cc1. The summed E-state index contributed by atoms with van der Waals surface area (Å²) in [6.45, 7) is 8.67. The van der Waals surface area contributed by atoms with Gasteiger partial charge in [-0.05, 0) is 53.9 Å². The highest BCUT2D eigenvalue weighted by Gasteiger charge is 2.20. The second-order valence-electron chi connectivity index (χ2n) is 9.71. The van der Waals surface area contributed by atoms with Crippen molar-refractivity contribution in [1.82, 2.24) is 9.13 Å². The quantitative estimate of drug-likeness (QED) is 0.368. The average molecular weight is 467 g/mol. The molecule has 0 aliphatic carbocycles. The number of nitrogens with zero attached hydrogens (tertiary/aromatic N) is 2. The van der Waals surface area contributed by atoms with Crippen molar-refractivity contribution >= 4 is 5.97 Å². The van der Waals surface area contributed by atoms with Crippen LogP contribution in [0.15, 0.2) is 53.3 Å². The number of rotatable bonds is 11. The summed E-state index contributed by atoms with van der Waals surface area (Å²) in [5.41, 5.74) is 3.73. The molecule has 0 spiro atoms. The number of aromatic carboxylic acids is 1. The van der Waals surface area contributed by atoms with E-state index in [0.29, 0.717) is 42.6 Å². The molecule has 0 unspecified atom stereocenters. The van der Waals surface area contributed by atoms with Crippen molar-refractivity contribution in [3.05, 3.63) is 81.5 Å². The van der Waals surface area contributed by atoms with Gasteiger partial charge in [-0.1, -0.05) is 70.2 Å². The maximum atomic E-state index is 14.2. The maximum Gasteiger partial charge on any atom is 0.336 e. The Kier molecular flexibility index (Phi) is 8.48. The minimum absolute atomic E-state index is 0.160. The summed E-state index contributed by atoms with van der Waals surface area (Å²) in [4.78, 5) is 24.9. The van der Waals surface area contributed by atoms with Crippen LogP contribution in [-0.4, -0.2) is 20.2 Å². The van der Waals surface area contributed by atoms with Crippen LogP contribution in [0.25, 0.3) is 11.1 Å². The van der Waals surface area contributed by atoms with E-state index in [2.05, 4.69) is 27.7 Å². The molecule has 1 heterocycles. The molecule has 0 atom stereocenters. The van der Waals surface area contributed by atoms with Crippen molar-refractivity contribution < 1.29 is 14.3 Å². The Morgan fingerprint density at radius 1 is 0.912 bits per heavy atom. The summed E-state index contributed by atoms with van der Waals surface area (Å²) in [5.74, 6) is -0.103. The van der Waals surface area contributed by atoms with E-state index >= 15 is 0 Å². The summed E-state index contributed by atoms with van der Waals surface area (Å²) in [6.07, 6.45) is 2.36. The molecule has 5 nitrogen and oxygen atoms in total. The smallest absolute Gasteiger partial charge is 0.336 e. The largest absolute Gasteiger partial charge is 0.478 e. The molecule has 0 aliphatic heterocycles. The first-order valence-corrected chi connectivity index (χ1v) is 12.0. The van der Waals surface area contributed by atoms with Crippen molar-refractivity contribution in [2.45, 2.75) is 66.7 Å². The molecule has 1 aromatic heterocycles. The number of imidazole rings is 1. The van der Waals surface area contributed by atoms with Crippen LogP contribution in [0.2, 0.25) is 0 Å². The third-order valence-electron chi connectivity index (χ3n) is 6.22. The zero-order valence-corrected chi connectivity index (χ0v) is 20.6. The molecule has 0 aliphatic rings. The lowest BCUT2D eigenvalue weighted by Crippen LogP contribution is -2.26. The van der Waals surface area contributed by atoms with Gasteiger partial charge in [-0.2, -0.15) is 0 Å². The van der Waals surface area contributed by atoms with Crippen LogP contribution in [0.1, 0.15) is 67.8 Å². The van der Waals surface area contributed by atoms with Gasteiger partial charge >= 0.3 is 11.7 Å². The van der Waals surface area contributed by atoms with Crippen LogP contribution in [0.5, 0.6) is 0 Å². The number of aromatic nitrogens is 2. The van der Waals surface area contributed by atoms with E-state index in [1.54, 1.807) is 27.3 Å². The third-order valence-corrected chi connectivity index (χ3v) is 6.22. The fourth-order valence-electron chi connectivity index (χ4n) is 4.22. The highest BCUT2D eigenvalue weighted by molar-refractivity contribution is 5.95. The number of alkyl halides is 1. The number of hydrogen-bond donors (Lipinski definition) is 1. The lowest BCUT2D eigenvalue weighted by Gasteiger charge is -2.12. The van der Waals surface area contributed by atoms with E-state index in [0.717, 1.165) is 29.7 Å². The summed E-state index contributed by atoms with van der Waals surface area (Å²) < 4.78 is 17.5. The van der Waals surface area contributed by atoms with E-state index in [1.807, 2.05) is 30.3 Å². The van der Waals surface area contributed by atoms with Gasteiger partial charge in [0.1, 0.15) is 6.67 Å². The molecule has 0 saturated carbocycles.